The second-order valence-corrected chi connectivity index (χ2v) is 10.5. The lowest BCUT2D eigenvalue weighted by Crippen LogP contribution is -2.58. The summed E-state index contributed by atoms with van der Waals surface area (Å²) >= 11 is 0. The van der Waals surface area contributed by atoms with Crippen molar-refractivity contribution in [1.82, 2.24) is 10.2 Å². The first-order chi connectivity index (χ1) is 12.6. The quantitative estimate of drug-likeness (QED) is 0.658. The lowest BCUT2D eigenvalue weighted by atomic mass is 9.76. The van der Waals surface area contributed by atoms with Crippen molar-refractivity contribution < 1.29 is 9.84 Å². The molecule has 0 radical (unpaired) electrons. The van der Waals surface area contributed by atoms with E-state index >= 15 is 0 Å². The summed E-state index contributed by atoms with van der Waals surface area (Å²) in [5, 5.41) is 15.1. The maximum absolute atomic E-state index is 11.2. The van der Waals surface area contributed by atoms with Crippen LogP contribution in [0.4, 0.5) is 0 Å². The number of hydrogen-bond acceptors (Lipinski definition) is 4. The normalized spacial score (nSPS) is 31.4. The molecule has 0 amide bonds. The Balaban J connectivity index is 1.98. The molecular formula is C23H46N2O2. The van der Waals surface area contributed by atoms with Gasteiger partial charge < -0.3 is 15.2 Å². The van der Waals surface area contributed by atoms with Gasteiger partial charge in [0.1, 0.15) is 6.23 Å². The number of rotatable bonds is 8. The molecule has 0 spiro atoms. The smallest absolute Gasteiger partial charge is 0.123 e. The lowest BCUT2D eigenvalue weighted by Gasteiger charge is -2.45. The van der Waals surface area contributed by atoms with Crippen LogP contribution < -0.4 is 5.32 Å². The van der Waals surface area contributed by atoms with E-state index < -0.39 is 6.23 Å². The van der Waals surface area contributed by atoms with E-state index in [4.69, 9.17) is 4.74 Å². The highest BCUT2D eigenvalue weighted by atomic mass is 16.5. The minimum absolute atomic E-state index is 0.120. The predicted molar refractivity (Wildman–Crippen MR) is 114 cm³/mol. The summed E-state index contributed by atoms with van der Waals surface area (Å²) in [6.45, 7) is 15.7. The summed E-state index contributed by atoms with van der Waals surface area (Å²) in [6, 6.07) is 0.547. The summed E-state index contributed by atoms with van der Waals surface area (Å²) in [5.74, 6) is 1.75. The summed E-state index contributed by atoms with van der Waals surface area (Å²) in [7, 11) is 1.83. The Kier molecular flexibility index (Phi) is 8.60. The Morgan fingerprint density at radius 2 is 1.74 bits per heavy atom. The zero-order chi connectivity index (χ0) is 20.2. The third-order valence-electron chi connectivity index (χ3n) is 7.30. The molecule has 1 aliphatic heterocycles. The van der Waals surface area contributed by atoms with Gasteiger partial charge in [0.15, 0.2) is 0 Å². The van der Waals surface area contributed by atoms with E-state index in [2.05, 4.69) is 51.8 Å². The first-order valence-electron chi connectivity index (χ1n) is 11.4. The van der Waals surface area contributed by atoms with E-state index in [0.717, 1.165) is 13.1 Å². The minimum atomic E-state index is -0.399. The van der Waals surface area contributed by atoms with E-state index in [-0.39, 0.29) is 6.04 Å². The second-order valence-electron chi connectivity index (χ2n) is 10.5. The number of hydrogen-bond donors (Lipinski definition) is 2. The topological polar surface area (TPSA) is 44.7 Å². The number of likely N-dealkylation sites (tertiary alicyclic amines) is 1. The molecule has 1 heterocycles. The first kappa shape index (κ1) is 23.1. The van der Waals surface area contributed by atoms with Crippen LogP contribution in [0.1, 0.15) is 80.1 Å². The van der Waals surface area contributed by atoms with Crippen LogP contribution in [-0.4, -0.2) is 54.6 Å². The van der Waals surface area contributed by atoms with Crippen molar-refractivity contribution >= 4 is 0 Å². The monoisotopic (exact) mass is 382 g/mol. The van der Waals surface area contributed by atoms with Gasteiger partial charge in [-0.15, -0.1) is 0 Å². The Morgan fingerprint density at radius 1 is 1.07 bits per heavy atom. The largest absolute Gasteiger partial charge is 0.381 e. The van der Waals surface area contributed by atoms with Crippen LogP contribution in [0.15, 0.2) is 0 Å². The zero-order valence-electron chi connectivity index (χ0n) is 19.0. The van der Waals surface area contributed by atoms with Crippen molar-refractivity contribution in [2.45, 2.75) is 104 Å². The van der Waals surface area contributed by atoms with E-state index in [1.165, 1.54) is 38.5 Å². The Morgan fingerprint density at radius 3 is 2.33 bits per heavy atom. The van der Waals surface area contributed by atoms with Crippen molar-refractivity contribution in [1.29, 1.82) is 0 Å². The van der Waals surface area contributed by atoms with Crippen molar-refractivity contribution in [3.63, 3.8) is 0 Å². The van der Waals surface area contributed by atoms with E-state index in [9.17, 15) is 5.11 Å². The molecule has 4 heteroatoms. The molecule has 0 bridgehead atoms. The molecule has 1 aliphatic carbocycles. The number of aliphatic hydroxyl groups is 1. The molecule has 27 heavy (non-hydrogen) atoms. The van der Waals surface area contributed by atoms with Crippen LogP contribution in [-0.2, 0) is 4.74 Å². The molecule has 2 rings (SSSR count). The van der Waals surface area contributed by atoms with Gasteiger partial charge in [-0.25, -0.2) is 0 Å². The fourth-order valence-electron chi connectivity index (χ4n) is 5.32. The highest BCUT2D eigenvalue weighted by molar-refractivity contribution is 4.90. The Bertz CT molecular complexity index is 440. The third kappa shape index (κ3) is 6.42. The highest BCUT2D eigenvalue weighted by Gasteiger charge is 2.36. The maximum atomic E-state index is 11.2. The minimum Gasteiger partial charge on any atom is -0.381 e. The summed E-state index contributed by atoms with van der Waals surface area (Å²) in [6.07, 6.45) is 7.50. The number of nitrogens with one attached hydrogen (secondary N) is 1. The number of nitrogens with zero attached hydrogens (tertiary/aromatic N) is 1. The van der Waals surface area contributed by atoms with E-state index in [1.54, 1.807) is 0 Å². The first-order valence-corrected chi connectivity index (χ1v) is 11.4. The molecule has 1 saturated heterocycles. The predicted octanol–water partition coefficient (Wildman–Crippen LogP) is 4.27. The SMILES string of the molecule is COC(C)C1CCC[C@@H](C(C)N[C@H](C(C)C)C(O)N2CCCC(C)(C)C2)C1. The van der Waals surface area contributed by atoms with Gasteiger partial charge in [-0.3, -0.25) is 4.90 Å². The van der Waals surface area contributed by atoms with Gasteiger partial charge in [0.2, 0.25) is 0 Å². The fourth-order valence-corrected chi connectivity index (χ4v) is 5.32. The van der Waals surface area contributed by atoms with Crippen molar-refractivity contribution in [2.24, 2.45) is 23.2 Å². The lowest BCUT2D eigenvalue weighted by molar-refractivity contribution is -0.0719. The van der Waals surface area contributed by atoms with Crippen LogP contribution in [0.25, 0.3) is 0 Å². The molecule has 0 aromatic heterocycles. The molecule has 2 aliphatic rings. The summed E-state index contributed by atoms with van der Waals surface area (Å²) < 4.78 is 5.61. The van der Waals surface area contributed by atoms with Crippen LogP contribution in [0.3, 0.4) is 0 Å². The van der Waals surface area contributed by atoms with Gasteiger partial charge >= 0.3 is 0 Å². The molecule has 6 atom stereocenters. The molecule has 2 fully saturated rings. The fraction of sp³-hybridized carbons (Fsp3) is 1.00. The zero-order valence-corrected chi connectivity index (χ0v) is 19.0. The standard InChI is InChI=1S/C23H46N2O2/c1-16(2)21(22(26)25-13-9-12-23(5,6)15-25)24-17(3)19-10-8-11-20(14-19)18(4)27-7/h16-22,24,26H,8-15H2,1-7H3/t17?,18?,19-,20?,21-,22?/m1/s1. The molecule has 4 unspecified atom stereocenters. The highest BCUT2D eigenvalue weighted by Crippen LogP contribution is 2.35. The molecule has 4 nitrogen and oxygen atoms in total. The van der Waals surface area contributed by atoms with Gasteiger partial charge in [-0.05, 0) is 69.1 Å². The average molecular weight is 383 g/mol. The molecule has 1 saturated carbocycles. The van der Waals surface area contributed by atoms with Crippen LogP contribution in [0, 0.1) is 23.2 Å². The van der Waals surface area contributed by atoms with Gasteiger partial charge in [0.25, 0.3) is 0 Å². The van der Waals surface area contributed by atoms with Crippen LogP contribution >= 0.6 is 0 Å². The van der Waals surface area contributed by atoms with Gasteiger partial charge in [-0.2, -0.15) is 0 Å². The summed E-state index contributed by atoms with van der Waals surface area (Å²) in [5.41, 5.74) is 0.305. The number of aliphatic hydroxyl groups excluding tert-OH is 1. The molecule has 0 aromatic rings. The van der Waals surface area contributed by atoms with Crippen LogP contribution in [0.5, 0.6) is 0 Å². The number of piperidine rings is 1. The van der Waals surface area contributed by atoms with Gasteiger partial charge in [-0.1, -0.05) is 34.1 Å². The van der Waals surface area contributed by atoms with E-state index in [1.807, 2.05) is 7.11 Å². The Labute approximate surface area is 168 Å². The van der Waals surface area contributed by atoms with Crippen molar-refractivity contribution in [3.05, 3.63) is 0 Å². The van der Waals surface area contributed by atoms with Gasteiger partial charge in [0, 0.05) is 32.3 Å². The molecule has 2 N–H and O–H groups in total. The molecule has 160 valence electrons. The molecule has 0 aromatic carbocycles. The average Bonchev–Trinajstić information content (AvgIpc) is 2.63. The van der Waals surface area contributed by atoms with Crippen molar-refractivity contribution in [2.75, 3.05) is 20.2 Å². The van der Waals surface area contributed by atoms with E-state index in [0.29, 0.717) is 35.3 Å². The van der Waals surface area contributed by atoms with Crippen molar-refractivity contribution in [3.8, 4) is 0 Å². The second kappa shape index (κ2) is 10.0. The number of ether oxygens (including phenoxy) is 1. The Hall–Kier alpha value is -0.160. The maximum Gasteiger partial charge on any atom is 0.123 e. The van der Waals surface area contributed by atoms with Gasteiger partial charge in [0.05, 0.1) is 6.10 Å². The number of methoxy groups -OCH3 is 1. The molecular weight excluding hydrogens is 336 g/mol. The van der Waals surface area contributed by atoms with Crippen LogP contribution in [0.2, 0.25) is 0 Å². The summed E-state index contributed by atoms with van der Waals surface area (Å²) in [4.78, 5) is 2.31. The third-order valence-corrected chi connectivity index (χ3v) is 7.30.